The third-order valence-electron chi connectivity index (χ3n) is 4.05. The van der Waals surface area contributed by atoms with Gasteiger partial charge in [-0.15, -0.1) is 0 Å². The Hall–Kier alpha value is -2.35. The molecule has 0 bridgehead atoms. The first-order valence-electron chi connectivity index (χ1n) is 7.39. The van der Waals surface area contributed by atoms with Gasteiger partial charge in [-0.25, -0.2) is 9.97 Å². The number of ether oxygens (including phenoxy) is 1. The Labute approximate surface area is 141 Å². The van der Waals surface area contributed by atoms with E-state index in [1.54, 1.807) is 18.5 Å². The molecule has 0 saturated carbocycles. The van der Waals surface area contributed by atoms with E-state index in [4.69, 9.17) is 16.3 Å². The Morgan fingerprint density at radius 1 is 1.38 bits per heavy atom. The average Bonchev–Trinajstić information content (AvgIpc) is 3.02. The monoisotopic (exact) mass is 344 g/mol. The van der Waals surface area contributed by atoms with Crippen molar-refractivity contribution < 1.29 is 9.84 Å². The molecule has 1 aliphatic rings. The fourth-order valence-electron chi connectivity index (χ4n) is 2.85. The van der Waals surface area contributed by atoms with Gasteiger partial charge in [-0.2, -0.15) is 0 Å². The van der Waals surface area contributed by atoms with Gasteiger partial charge in [-0.3, -0.25) is 14.3 Å². The van der Waals surface area contributed by atoms with E-state index in [9.17, 15) is 9.90 Å². The predicted molar refractivity (Wildman–Crippen MR) is 87.9 cm³/mol. The molecule has 0 amide bonds. The third-order valence-corrected chi connectivity index (χ3v) is 4.24. The zero-order chi connectivity index (χ0) is 16.7. The summed E-state index contributed by atoms with van der Waals surface area (Å²) in [5.41, 5.74) is 1.38. The van der Waals surface area contributed by atoms with E-state index in [0.717, 1.165) is 5.56 Å². The molecular weight excluding hydrogens is 332 g/mol. The van der Waals surface area contributed by atoms with Crippen LogP contribution in [0.3, 0.4) is 0 Å². The van der Waals surface area contributed by atoms with Crippen LogP contribution in [0.2, 0.25) is 5.15 Å². The van der Waals surface area contributed by atoms with Crippen LogP contribution in [-0.4, -0.2) is 43.9 Å². The summed E-state index contributed by atoms with van der Waals surface area (Å²) in [5.74, 6) is 0. The molecular formula is C16H13ClN4O3. The van der Waals surface area contributed by atoms with Crippen molar-refractivity contribution in [3.8, 4) is 11.3 Å². The molecule has 0 aliphatic carbocycles. The van der Waals surface area contributed by atoms with E-state index in [2.05, 4.69) is 15.0 Å². The number of aromatic nitrogens is 4. The molecule has 8 heteroatoms. The second-order valence-electron chi connectivity index (χ2n) is 5.56. The summed E-state index contributed by atoms with van der Waals surface area (Å²) >= 11 is 6.10. The van der Waals surface area contributed by atoms with Gasteiger partial charge in [0, 0.05) is 18.0 Å². The molecule has 7 nitrogen and oxygen atoms in total. The summed E-state index contributed by atoms with van der Waals surface area (Å²) in [4.78, 5) is 25.6. The highest BCUT2D eigenvalue weighted by Crippen LogP contribution is 2.26. The Balaban J connectivity index is 1.95. The number of pyridine rings is 2. The van der Waals surface area contributed by atoms with Gasteiger partial charge in [0.25, 0.3) is 5.56 Å². The molecule has 1 N–H and O–H groups in total. The maximum absolute atomic E-state index is 12.9. The van der Waals surface area contributed by atoms with Crippen molar-refractivity contribution in [3.05, 3.63) is 52.4 Å². The minimum atomic E-state index is -0.739. The number of aliphatic hydroxyl groups is 1. The Morgan fingerprint density at radius 2 is 2.25 bits per heavy atom. The average molecular weight is 345 g/mol. The lowest BCUT2D eigenvalue weighted by atomic mass is 10.1. The topological polar surface area (TPSA) is 90.1 Å². The van der Waals surface area contributed by atoms with Gasteiger partial charge in [0.2, 0.25) is 0 Å². The van der Waals surface area contributed by atoms with Crippen LogP contribution in [0, 0.1) is 0 Å². The molecule has 0 unspecified atom stereocenters. The number of hydrogen-bond acceptors (Lipinski definition) is 6. The summed E-state index contributed by atoms with van der Waals surface area (Å²) in [5, 5.41) is 10.5. The molecule has 1 fully saturated rings. The molecule has 3 aromatic heterocycles. The van der Waals surface area contributed by atoms with Crippen LogP contribution in [0.1, 0.15) is 6.04 Å². The second-order valence-corrected chi connectivity index (χ2v) is 5.95. The van der Waals surface area contributed by atoms with Crippen LogP contribution in [0.15, 0.2) is 41.7 Å². The summed E-state index contributed by atoms with van der Waals surface area (Å²) in [7, 11) is 0. The highest BCUT2D eigenvalue weighted by Gasteiger charge is 2.29. The molecule has 2 atom stereocenters. The third kappa shape index (κ3) is 2.47. The smallest absolute Gasteiger partial charge is 0.261 e. The Kier molecular flexibility index (Phi) is 3.76. The van der Waals surface area contributed by atoms with Crippen LogP contribution in [0.5, 0.6) is 0 Å². The number of rotatable bonds is 2. The van der Waals surface area contributed by atoms with Crippen molar-refractivity contribution in [2.24, 2.45) is 0 Å². The normalized spacial score (nSPS) is 20.6. The van der Waals surface area contributed by atoms with Gasteiger partial charge in [-0.05, 0) is 18.2 Å². The van der Waals surface area contributed by atoms with Crippen LogP contribution in [-0.2, 0) is 4.74 Å². The van der Waals surface area contributed by atoms with Crippen LogP contribution < -0.4 is 5.56 Å². The first-order valence-corrected chi connectivity index (χ1v) is 7.76. The summed E-state index contributed by atoms with van der Waals surface area (Å²) < 4.78 is 6.62. The molecule has 0 radical (unpaired) electrons. The van der Waals surface area contributed by atoms with Crippen molar-refractivity contribution in [1.29, 1.82) is 0 Å². The molecule has 122 valence electrons. The quantitative estimate of drug-likeness (QED) is 0.707. The van der Waals surface area contributed by atoms with Crippen molar-refractivity contribution >= 4 is 22.5 Å². The highest BCUT2D eigenvalue weighted by molar-refractivity contribution is 6.30. The number of fused-ring (bicyclic) bond motifs is 1. The zero-order valence-corrected chi connectivity index (χ0v) is 13.2. The largest absolute Gasteiger partial charge is 0.388 e. The Bertz CT molecular complexity index is 961. The maximum Gasteiger partial charge on any atom is 0.261 e. The lowest BCUT2D eigenvalue weighted by Crippen LogP contribution is -2.31. The summed E-state index contributed by atoms with van der Waals surface area (Å²) in [6, 6.07) is 4.64. The molecule has 4 heterocycles. The van der Waals surface area contributed by atoms with E-state index >= 15 is 0 Å². The van der Waals surface area contributed by atoms with Crippen molar-refractivity contribution in [1.82, 2.24) is 19.5 Å². The van der Waals surface area contributed by atoms with Gasteiger partial charge in [0.05, 0.1) is 31.0 Å². The molecule has 24 heavy (non-hydrogen) atoms. The fraction of sp³-hybridized carbons (Fsp3) is 0.250. The first kappa shape index (κ1) is 15.2. The highest BCUT2D eigenvalue weighted by atomic mass is 35.5. The molecule has 0 aromatic carbocycles. The van der Waals surface area contributed by atoms with Crippen LogP contribution in [0.4, 0.5) is 0 Å². The van der Waals surface area contributed by atoms with Crippen molar-refractivity contribution in [3.63, 3.8) is 0 Å². The SMILES string of the molecule is O=c1c2cc(Cl)nc(-c3cccnc3)c2ncn1[C@@H]1COC[C@@H]1O. The maximum atomic E-state index is 12.9. The zero-order valence-electron chi connectivity index (χ0n) is 12.5. The van der Waals surface area contributed by atoms with Gasteiger partial charge >= 0.3 is 0 Å². The molecule has 1 aliphatic heterocycles. The predicted octanol–water partition coefficient (Wildman–Crippen LogP) is 1.44. The standard InChI is InChI=1S/C16H13ClN4O3/c17-13-4-10-15(14(20-13)9-2-1-3-18-5-9)19-8-21(16(10)23)11-6-24-7-12(11)22/h1-5,8,11-12,22H,6-7H2/t11-,12+/m1/s1. The molecule has 4 rings (SSSR count). The first-order chi connectivity index (χ1) is 11.6. The second kappa shape index (κ2) is 5.94. The Morgan fingerprint density at radius 3 is 2.96 bits per heavy atom. The van der Waals surface area contributed by atoms with Crippen molar-refractivity contribution in [2.75, 3.05) is 13.2 Å². The summed E-state index contributed by atoms with van der Waals surface area (Å²) in [6.45, 7) is 0.468. The van der Waals surface area contributed by atoms with Gasteiger partial charge in [0.15, 0.2) is 0 Å². The van der Waals surface area contributed by atoms with E-state index in [0.29, 0.717) is 16.6 Å². The van der Waals surface area contributed by atoms with E-state index in [1.165, 1.54) is 17.0 Å². The minimum Gasteiger partial charge on any atom is -0.388 e. The lowest BCUT2D eigenvalue weighted by Gasteiger charge is -2.16. The molecule has 0 spiro atoms. The number of aliphatic hydroxyl groups excluding tert-OH is 1. The van der Waals surface area contributed by atoms with Gasteiger partial charge in [-0.1, -0.05) is 11.6 Å². The van der Waals surface area contributed by atoms with Crippen molar-refractivity contribution in [2.45, 2.75) is 12.1 Å². The summed E-state index contributed by atoms with van der Waals surface area (Å²) in [6.07, 6.45) is 3.97. The lowest BCUT2D eigenvalue weighted by molar-refractivity contribution is 0.119. The fourth-order valence-corrected chi connectivity index (χ4v) is 3.04. The molecule has 3 aromatic rings. The van der Waals surface area contributed by atoms with Crippen LogP contribution in [0.25, 0.3) is 22.2 Å². The molecule has 1 saturated heterocycles. The number of hydrogen-bond donors (Lipinski definition) is 1. The minimum absolute atomic E-state index is 0.196. The number of nitrogens with zero attached hydrogens (tertiary/aromatic N) is 4. The van der Waals surface area contributed by atoms with E-state index in [1.807, 2.05) is 6.07 Å². The number of halogens is 1. The van der Waals surface area contributed by atoms with Gasteiger partial charge < -0.3 is 9.84 Å². The van der Waals surface area contributed by atoms with E-state index in [-0.39, 0.29) is 23.9 Å². The van der Waals surface area contributed by atoms with E-state index < -0.39 is 12.1 Å². The van der Waals surface area contributed by atoms with Gasteiger partial charge in [0.1, 0.15) is 22.5 Å². The van der Waals surface area contributed by atoms with Crippen LogP contribution >= 0.6 is 11.6 Å².